The Labute approximate surface area is 130 Å². The zero-order valence-electron chi connectivity index (χ0n) is 12.7. The fourth-order valence-electron chi connectivity index (χ4n) is 2.58. The predicted molar refractivity (Wildman–Crippen MR) is 83.6 cm³/mol. The Kier molecular flexibility index (Phi) is 5.02. The molecule has 1 aromatic rings. The SMILES string of the molecule is Cc1ccc(NC(=O)N(CCO)C2CCS(=O)(=O)C2)c(C)n1. The van der Waals surface area contributed by atoms with Gasteiger partial charge in [-0.1, -0.05) is 0 Å². The number of nitrogens with zero attached hydrogens (tertiary/aromatic N) is 2. The van der Waals surface area contributed by atoms with Gasteiger partial charge in [0.2, 0.25) is 0 Å². The molecular formula is C14H21N3O4S. The Morgan fingerprint density at radius 2 is 2.18 bits per heavy atom. The molecule has 0 aromatic carbocycles. The number of amides is 2. The minimum atomic E-state index is -3.09. The predicted octanol–water partition coefficient (Wildman–Crippen LogP) is 0.712. The summed E-state index contributed by atoms with van der Waals surface area (Å²) in [4.78, 5) is 18.1. The van der Waals surface area contributed by atoms with E-state index in [1.807, 2.05) is 6.92 Å². The summed E-state index contributed by atoms with van der Waals surface area (Å²) in [5, 5.41) is 11.9. The molecule has 1 atom stereocenters. The van der Waals surface area contributed by atoms with E-state index in [-0.39, 0.29) is 24.7 Å². The Bertz CT molecular complexity index is 660. The molecule has 2 amide bonds. The Hall–Kier alpha value is -1.67. The fraction of sp³-hybridized carbons (Fsp3) is 0.571. The van der Waals surface area contributed by atoms with Gasteiger partial charge in [0.25, 0.3) is 0 Å². The zero-order valence-corrected chi connectivity index (χ0v) is 13.6. The third kappa shape index (κ3) is 3.95. The van der Waals surface area contributed by atoms with Gasteiger partial charge in [-0.3, -0.25) is 4.98 Å². The molecule has 1 saturated heterocycles. The van der Waals surface area contributed by atoms with Gasteiger partial charge in [-0.05, 0) is 32.4 Å². The summed E-state index contributed by atoms with van der Waals surface area (Å²) in [5.41, 5.74) is 2.13. The monoisotopic (exact) mass is 327 g/mol. The number of hydrogen-bond acceptors (Lipinski definition) is 5. The molecule has 122 valence electrons. The number of rotatable bonds is 4. The van der Waals surface area contributed by atoms with Gasteiger partial charge in [0, 0.05) is 18.3 Å². The van der Waals surface area contributed by atoms with Gasteiger partial charge >= 0.3 is 6.03 Å². The first-order valence-corrected chi connectivity index (χ1v) is 8.97. The summed E-state index contributed by atoms with van der Waals surface area (Å²) in [6, 6.07) is 2.75. The number of anilines is 1. The van der Waals surface area contributed by atoms with Gasteiger partial charge in [0.05, 0.1) is 29.5 Å². The van der Waals surface area contributed by atoms with Crippen LogP contribution in [0.4, 0.5) is 10.5 Å². The maximum atomic E-state index is 12.4. The second-order valence-corrected chi connectivity index (χ2v) is 7.72. The van der Waals surface area contributed by atoms with Crippen LogP contribution in [0.3, 0.4) is 0 Å². The van der Waals surface area contributed by atoms with Crippen molar-refractivity contribution in [2.24, 2.45) is 0 Å². The van der Waals surface area contributed by atoms with Crippen LogP contribution in [0, 0.1) is 13.8 Å². The van der Waals surface area contributed by atoms with E-state index >= 15 is 0 Å². The number of sulfone groups is 1. The fourth-order valence-corrected chi connectivity index (χ4v) is 4.32. The van der Waals surface area contributed by atoms with Gasteiger partial charge in [-0.15, -0.1) is 0 Å². The van der Waals surface area contributed by atoms with Crippen molar-refractivity contribution in [3.63, 3.8) is 0 Å². The van der Waals surface area contributed by atoms with Crippen molar-refractivity contribution < 1.29 is 18.3 Å². The molecule has 22 heavy (non-hydrogen) atoms. The van der Waals surface area contributed by atoms with Crippen LogP contribution in [0.5, 0.6) is 0 Å². The molecular weight excluding hydrogens is 306 g/mol. The number of pyridine rings is 1. The summed E-state index contributed by atoms with van der Waals surface area (Å²) in [5.74, 6) is 0.0313. The first-order chi connectivity index (χ1) is 10.3. The molecule has 2 N–H and O–H groups in total. The van der Waals surface area contributed by atoms with E-state index in [1.165, 1.54) is 4.90 Å². The van der Waals surface area contributed by atoms with Gasteiger partial charge in [-0.25, -0.2) is 13.2 Å². The van der Waals surface area contributed by atoms with Crippen LogP contribution >= 0.6 is 0 Å². The molecule has 1 aromatic heterocycles. The second-order valence-electron chi connectivity index (χ2n) is 5.49. The summed E-state index contributed by atoms with van der Waals surface area (Å²) in [6.07, 6.45) is 0.404. The standard InChI is InChI=1S/C14H21N3O4S/c1-10-3-4-13(11(2)15-10)16-14(19)17(6-7-18)12-5-8-22(20,21)9-12/h3-4,12,18H,5-9H2,1-2H3,(H,16,19). The van der Waals surface area contributed by atoms with Crippen LogP contribution in [-0.2, 0) is 9.84 Å². The number of aromatic nitrogens is 1. The van der Waals surface area contributed by atoms with E-state index in [0.29, 0.717) is 17.8 Å². The third-order valence-electron chi connectivity index (χ3n) is 3.72. The van der Waals surface area contributed by atoms with Gasteiger partial charge < -0.3 is 15.3 Å². The number of aliphatic hydroxyl groups is 1. The summed E-state index contributed by atoms with van der Waals surface area (Å²) in [7, 11) is -3.09. The highest BCUT2D eigenvalue weighted by Gasteiger charge is 2.34. The molecule has 1 unspecified atom stereocenters. The lowest BCUT2D eigenvalue weighted by Gasteiger charge is -2.27. The molecule has 0 bridgehead atoms. The van der Waals surface area contributed by atoms with Gasteiger partial charge in [0.15, 0.2) is 9.84 Å². The largest absolute Gasteiger partial charge is 0.395 e. The topological polar surface area (TPSA) is 99.6 Å². The highest BCUT2D eigenvalue weighted by Crippen LogP contribution is 2.20. The van der Waals surface area contributed by atoms with Crippen molar-refractivity contribution in [1.29, 1.82) is 0 Å². The van der Waals surface area contributed by atoms with Crippen molar-refractivity contribution in [2.75, 3.05) is 30.0 Å². The number of urea groups is 1. The van der Waals surface area contributed by atoms with Crippen LogP contribution in [0.1, 0.15) is 17.8 Å². The Balaban J connectivity index is 2.13. The number of hydrogen-bond donors (Lipinski definition) is 2. The van der Waals surface area contributed by atoms with E-state index in [2.05, 4.69) is 10.3 Å². The van der Waals surface area contributed by atoms with Crippen LogP contribution < -0.4 is 5.32 Å². The first-order valence-electron chi connectivity index (χ1n) is 7.15. The average Bonchev–Trinajstić information content (AvgIpc) is 2.79. The molecule has 1 fully saturated rings. The smallest absolute Gasteiger partial charge is 0.322 e. The molecule has 1 aliphatic heterocycles. The van der Waals surface area contributed by atoms with E-state index in [0.717, 1.165) is 5.69 Å². The molecule has 2 rings (SSSR count). The van der Waals surface area contributed by atoms with E-state index < -0.39 is 21.9 Å². The molecule has 7 nitrogen and oxygen atoms in total. The minimum Gasteiger partial charge on any atom is -0.395 e. The first kappa shape index (κ1) is 16.7. The number of nitrogens with one attached hydrogen (secondary N) is 1. The molecule has 1 aliphatic rings. The maximum absolute atomic E-state index is 12.4. The number of carbonyl (C=O) groups excluding carboxylic acids is 1. The lowest BCUT2D eigenvalue weighted by atomic mass is 10.2. The highest BCUT2D eigenvalue weighted by molar-refractivity contribution is 7.91. The quantitative estimate of drug-likeness (QED) is 0.848. The van der Waals surface area contributed by atoms with Crippen LogP contribution in [0.15, 0.2) is 12.1 Å². The van der Waals surface area contributed by atoms with Crippen molar-refractivity contribution in [3.05, 3.63) is 23.5 Å². The van der Waals surface area contributed by atoms with Gasteiger partial charge in [-0.2, -0.15) is 0 Å². The Morgan fingerprint density at radius 1 is 1.45 bits per heavy atom. The number of aliphatic hydroxyl groups excluding tert-OH is 1. The molecule has 0 saturated carbocycles. The normalized spacial score (nSPS) is 19.9. The van der Waals surface area contributed by atoms with E-state index in [9.17, 15) is 13.2 Å². The molecule has 0 spiro atoms. The molecule has 8 heteroatoms. The van der Waals surface area contributed by atoms with Gasteiger partial charge in [0.1, 0.15) is 0 Å². The molecule has 0 radical (unpaired) electrons. The average molecular weight is 327 g/mol. The van der Waals surface area contributed by atoms with Crippen molar-refractivity contribution in [3.8, 4) is 0 Å². The highest BCUT2D eigenvalue weighted by atomic mass is 32.2. The van der Waals surface area contributed by atoms with Crippen molar-refractivity contribution in [2.45, 2.75) is 26.3 Å². The molecule has 0 aliphatic carbocycles. The van der Waals surface area contributed by atoms with Crippen molar-refractivity contribution >= 4 is 21.6 Å². The second kappa shape index (κ2) is 6.62. The van der Waals surface area contributed by atoms with Crippen molar-refractivity contribution in [1.82, 2.24) is 9.88 Å². The van der Waals surface area contributed by atoms with Crippen LogP contribution in [-0.4, -0.2) is 60.1 Å². The lowest BCUT2D eigenvalue weighted by molar-refractivity contribution is 0.169. The van der Waals surface area contributed by atoms with E-state index in [4.69, 9.17) is 5.11 Å². The lowest BCUT2D eigenvalue weighted by Crippen LogP contribution is -2.45. The van der Waals surface area contributed by atoms with Crippen LogP contribution in [0.2, 0.25) is 0 Å². The van der Waals surface area contributed by atoms with Crippen LogP contribution in [0.25, 0.3) is 0 Å². The third-order valence-corrected chi connectivity index (χ3v) is 5.47. The van der Waals surface area contributed by atoms with E-state index in [1.54, 1.807) is 19.1 Å². The maximum Gasteiger partial charge on any atom is 0.322 e. The number of carbonyl (C=O) groups is 1. The zero-order chi connectivity index (χ0) is 16.3. The number of aryl methyl sites for hydroxylation is 2. The minimum absolute atomic E-state index is 0.0500. The Morgan fingerprint density at radius 3 is 2.73 bits per heavy atom. The summed E-state index contributed by atoms with van der Waals surface area (Å²) < 4.78 is 23.2. The molecule has 2 heterocycles. The summed E-state index contributed by atoms with van der Waals surface area (Å²) >= 11 is 0. The summed E-state index contributed by atoms with van der Waals surface area (Å²) in [6.45, 7) is 3.54.